The fourth-order valence-electron chi connectivity index (χ4n) is 4.86. The van der Waals surface area contributed by atoms with E-state index in [1.54, 1.807) is 24.3 Å². The monoisotopic (exact) mass is 519 g/mol. The van der Waals surface area contributed by atoms with Crippen LogP contribution < -0.4 is 21.1 Å². The molecule has 4 rings (SSSR count). The van der Waals surface area contributed by atoms with E-state index in [2.05, 4.69) is 26.1 Å². The van der Waals surface area contributed by atoms with E-state index in [-0.39, 0.29) is 22.1 Å². The molecule has 194 valence electrons. The molecule has 3 aromatic rings. The maximum absolute atomic E-state index is 13.3. The molecule has 0 aliphatic carbocycles. The number of carbonyl (C=O) groups is 1. The van der Waals surface area contributed by atoms with Crippen molar-refractivity contribution in [2.75, 3.05) is 16.8 Å². The second kappa shape index (κ2) is 9.99. The zero-order valence-electron chi connectivity index (χ0n) is 21.3. The van der Waals surface area contributed by atoms with Crippen LogP contribution in [0.5, 0.6) is 0 Å². The van der Waals surface area contributed by atoms with Gasteiger partial charge in [0.15, 0.2) is 0 Å². The summed E-state index contributed by atoms with van der Waals surface area (Å²) >= 11 is 0. The van der Waals surface area contributed by atoms with Gasteiger partial charge in [0.25, 0.3) is 0 Å². The number of nitrogen functional groups attached to an aromatic ring is 1. The van der Waals surface area contributed by atoms with E-state index in [0.717, 1.165) is 23.2 Å². The third-order valence-electron chi connectivity index (χ3n) is 6.63. The van der Waals surface area contributed by atoms with Crippen molar-refractivity contribution in [1.29, 1.82) is 5.41 Å². The number of sulfonamides is 1. The zero-order valence-corrected chi connectivity index (χ0v) is 22.1. The minimum absolute atomic E-state index is 0.0364. The fraction of sp³-hybridized carbons (Fsp3) is 0.286. The van der Waals surface area contributed by atoms with Gasteiger partial charge in [-0.15, -0.1) is 0 Å². The van der Waals surface area contributed by atoms with Gasteiger partial charge >= 0.3 is 0 Å². The van der Waals surface area contributed by atoms with E-state index in [4.69, 9.17) is 16.3 Å². The first-order chi connectivity index (χ1) is 17.4. The van der Waals surface area contributed by atoms with Gasteiger partial charge in [0.05, 0.1) is 4.90 Å². The van der Waals surface area contributed by atoms with E-state index < -0.39 is 16.1 Å². The molecule has 0 radical (unpaired) electrons. The van der Waals surface area contributed by atoms with E-state index in [1.807, 2.05) is 41.3 Å². The number of benzene rings is 3. The van der Waals surface area contributed by atoms with Crippen LogP contribution >= 0.6 is 0 Å². The Labute approximate surface area is 218 Å². The SMILES string of the molecule is CC(C)(C)c1ccccc1-c1ccc(NC(=O)[C@@H]2CCCN2c2cccc(C(=N)N)c2)cc1S(N)(=O)=O. The van der Waals surface area contributed by atoms with Gasteiger partial charge in [-0.2, -0.15) is 0 Å². The standard InChI is InChI=1S/C28H33N5O3S/c1-28(2,3)23-11-5-4-10-21(23)22-14-13-19(17-25(22)37(31,35)36)32-27(34)24-12-7-15-33(24)20-9-6-8-18(16-20)26(29)30/h4-6,8-11,13-14,16-17,24H,7,12,15H2,1-3H3,(H3,29,30)(H,32,34)(H2,31,35,36)/t24-/m0/s1. The molecule has 0 bridgehead atoms. The van der Waals surface area contributed by atoms with E-state index >= 15 is 0 Å². The van der Waals surface area contributed by atoms with E-state index in [9.17, 15) is 13.2 Å². The Morgan fingerprint density at radius 2 is 1.76 bits per heavy atom. The average Bonchev–Trinajstić information content (AvgIpc) is 3.33. The molecule has 37 heavy (non-hydrogen) atoms. The lowest BCUT2D eigenvalue weighted by atomic mass is 9.82. The van der Waals surface area contributed by atoms with Crippen LogP contribution in [0.4, 0.5) is 11.4 Å². The molecule has 1 amide bonds. The summed E-state index contributed by atoms with van der Waals surface area (Å²) in [6.07, 6.45) is 1.47. The Hall–Kier alpha value is -3.69. The van der Waals surface area contributed by atoms with Crippen LogP contribution in [-0.2, 0) is 20.2 Å². The second-order valence-corrected chi connectivity index (χ2v) is 11.9. The highest BCUT2D eigenvalue weighted by Crippen LogP contribution is 2.37. The lowest BCUT2D eigenvalue weighted by Gasteiger charge is -2.27. The van der Waals surface area contributed by atoms with Gasteiger partial charge < -0.3 is 16.0 Å². The van der Waals surface area contributed by atoms with Crippen LogP contribution in [0.3, 0.4) is 0 Å². The molecule has 6 N–H and O–H groups in total. The molecule has 1 aliphatic heterocycles. The van der Waals surface area contributed by atoms with Gasteiger partial charge in [0.2, 0.25) is 15.9 Å². The molecule has 0 spiro atoms. The molecule has 3 aromatic carbocycles. The Kier molecular flexibility index (Phi) is 7.12. The van der Waals surface area contributed by atoms with Crippen LogP contribution in [0.15, 0.2) is 71.6 Å². The molecule has 1 heterocycles. The first-order valence-electron chi connectivity index (χ1n) is 12.1. The van der Waals surface area contributed by atoms with Gasteiger partial charge in [-0.25, -0.2) is 13.6 Å². The predicted molar refractivity (Wildman–Crippen MR) is 148 cm³/mol. The smallest absolute Gasteiger partial charge is 0.247 e. The molecular weight excluding hydrogens is 486 g/mol. The number of anilines is 2. The number of hydrogen-bond acceptors (Lipinski definition) is 5. The lowest BCUT2D eigenvalue weighted by Crippen LogP contribution is -2.39. The van der Waals surface area contributed by atoms with Crippen LogP contribution in [0, 0.1) is 5.41 Å². The summed E-state index contributed by atoms with van der Waals surface area (Å²) < 4.78 is 25.3. The largest absolute Gasteiger partial charge is 0.384 e. The van der Waals surface area contributed by atoms with Crippen LogP contribution in [0.25, 0.3) is 11.1 Å². The number of hydrogen-bond donors (Lipinski definition) is 4. The third-order valence-corrected chi connectivity index (χ3v) is 7.58. The number of amidine groups is 1. The first kappa shape index (κ1) is 26.4. The number of amides is 1. The maximum atomic E-state index is 13.3. The molecule has 1 saturated heterocycles. The Morgan fingerprint density at radius 3 is 2.43 bits per heavy atom. The minimum Gasteiger partial charge on any atom is -0.384 e. The Balaban J connectivity index is 1.66. The van der Waals surface area contributed by atoms with Crippen LogP contribution in [-0.4, -0.2) is 32.7 Å². The molecular formula is C28H33N5O3S. The van der Waals surface area contributed by atoms with Crippen molar-refractivity contribution in [1.82, 2.24) is 0 Å². The summed E-state index contributed by atoms with van der Waals surface area (Å²) in [5.74, 6) is -0.278. The first-order valence-corrected chi connectivity index (χ1v) is 13.7. The summed E-state index contributed by atoms with van der Waals surface area (Å²) in [6, 6.07) is 19.3. The topological polar surface area (TPSA) is 142 Å². The molecule has 1 atom stereocenters. The molecule has 0 aromatic heterocycles. The van der Waals surface area contributed by atoms with Crippen molar-refractivity contribution in [3.8, 4) is 11.1 Å². The highest BCUT2D eigenvalue weighted by atomic mass is 32.2. The number of carbonyl (C=O) groups excluding carboxylic acids is 1. The van der Waals surface area contributed by atoms with Gasteiger partial charge in [0.1, 0.15) is 11.9 Å². The molecule has 9 heteroatoms. The molecule has 8 nitrogen and oxygen atoms in total. The highest BCUT2D eigenvalue weighted by Gasteiger charge is 2.31. The quantitative estimate of drug-likeness (QED) is 0.285. The van der Waals surface area contributed by atoms with Crippen molar-refractivity contribution in [2.45, 2.75) is 50.0 Å². The van der Waals surface area contributed by atoms with Gasteiger partial charge in [-0.1, -0.05) is 63.2 Å². The predicted octanol–water partition coefficient (Wildman–Crippen LogP) is 4.19. The summed E-state index contributed by atoms with van der Waals surface area (Å²) in [4.78, 5) is 15.3. The minimum atomic E-state index is -4.08. The number of rotatable bonds is 6. The fourth-order valence-corrected chi connectivity index (χ4v) is 5.63. The highest BCUT2D eigenvalue weighted by molar-refractivity contribution is 7.89. The van der Waals surface area contributed by atoms with Crippen molar-refractivity contribution in [3.63, 3.8) is 0 Å². The summed E-state index contributed by atoms with van der Waals surface area (Å²) in [7, 11) is -4.08. The zero-order chi connectivity index (χ0) is 27.0. The maximum Gasteiger partial charge on any atom is 0.247 e. The van der Waals surface area contributed by atoms with E-state index in [1.165, 1.54) is 6.07 Å². The normalized spacial score (nSPS) is 16.0. The van der Waals surface area contributed by atoms with Crippen molar-refractivity contribution in [3.05, 3.63) is 77.9 Å². The molecule has 1 fully saturated rings. The van der Waals surface area contributed by atoms with Crippen molar-refractivity contribution in [2.24, 2.45) is 10.9 Å². The average molecular weight is 520 g/mol. The van der Waals surface area contributed by atoms with Crippen molar-refractivity contribution >= 4 is 33.1 Å². The number of nitrogens with zero attached hydrogens (tertiary/aromatic N) is 1. The van der Waals surface area contributed by atoms with Gasteiger partial charge in [-0.05, 0) is 53.6 Å². The summed E-state index contributed by atoms with van der Waals surface area (Å²) in [6.45, 7) is 6.88. The van der Waals surface area contributed by atoms with Crippen molar-refractivity contribution < 1.29 is 13.2 Å². The molecule has 0 unspecified atom stereocenters. The van der Waals surface area contributed by atoms with Crippen LogP contribution in [0.2, 0.25) is 0 Å². The summed E-state index contributed by atoms with van der Waals surface area (Å²) in [5, 5.41) is 16.2. The Morgan fingerprint density at radius 1 is 1.03 bits per heavy atom. The number of nitrogens with two attached hydrogens (primary N) is 2. The second-order valence-electron chi connectivity index (χ2n) is 10.4. The number of nitrogens with one attached hydrogen (secondary N) is 2. The third kappa shape index (κ3) is 5.68. The lowest BCUT2D eigenvalue weighted by molar-refractivity contribution is -0.117. The van der Waals surface area contributed by atoms with Gasteiger partial charge in [0, 0.05) is 29.0 Å². The summed E-state index contributed by atoms with van der Waals surface area (Å²) in [5.41, 5.74) is 9.45. The molecule has 1 aliphatic rings. The van der Waals surface area contributed by atoms with Crippen LogP contribution in [0.1, 0.15) is 44.7 Å². The Bertz CT molecular complexity index is 1460. The van der Waals surface area contributed by atoms with E-state index in [0.29, 0.717) is 29.8 Å². The van der Waals surface area contributed by atoms with Gasteiger partial charge in [-0.3, -0.25) is 10.2 Å². The number of primary sulfonamides is 1. The molecule has 0 saturated carbocycles.